The first kappa shape index (κ1) is 16.7. The number of nitrogens with one attached hydrogen (secondary N) is 1. The molecule has 18 heavy (non-hydrogen) atoms. The van der Waals surface area contributed by atoms with Crippen molar-refractivity contribution in [3.05, 3.63) is 12.2 Å². The first-order valence-electron chi connectivity index (χ1n) is 6.52. The van der Waals surface area contributed by atoms with Crippen LogP contribution in [0.4, 0.5) is 0 Å². The predicted molar refractivity (Wildman–Crippen MR) is 72.0 cm³/mol. The van der Waals surface area contributed by atoms with E-state index in [9.17, 15) is 9.59 Å². The van der Waals surface area contributed by atoms with Gasteiger partial charge in [-0.3, -0.25) is 4.79 Å². The molecule has 1 atom stereocenters. The van der Waals surface area contributed by atoms with Gasteiger partial charge in [-0.25, -0.2) is 4.79 Å². The van der Waals surface area contributed by atoms with E-state index < -0.39 is 6.04 Å². The molecule has 4 nitrogen and oxygen atoms in total. The van der Waals surface area contributed by atoms with E-state index in [0.29, 0.717) is 24.9 Å². The molecule has 0 aromatic carbocycles. The highest BCUT2D eigenvalue weighted by Gasteiger charge is 2.22. The lowest BCUT2D eigenvalue weighted by Gasteiger charge is -2.18. The lowest BCUT2D eigenvalue weighted by Crippen LogP contribution is -2.42. The van der Waals surface area contributed by atoms with Crippen molar-refractivity contribution >= 4 is 11.9 Å². The Kier molecular flexibility index (Phi) is 8.08. The van der Waals surface area contributed by atoms with Gasteiger partial charge in [0, 0.05) is 0 Å². The van der Waals surface area contributed by atoms with Crippen LogP contribution in [0, 0.1) is 11.8 Å². The average Bonchev–Trinajstić information content (AvgIpc) is 2.25. The Morgan fingerprint density at radius 1 is 1.22 bits per heavy atom. The molecular weight excluding hydrogens is 230 g/mol. The van der Waals surface area contributed by atoms with Crippen LogP contribution in [0.15, 0.2) is 12.2 Å². The molecule has 1 N–H and O–H groups in total. The van der Waals surface area contributed by atoms with Gasteiger partial charge >= 0.3 is 5.97 Å². The maximum Gasteiger partial charge on any atom is 0.328 e. The number of hydrogen-bond acceptors (Lipinski definition) is 3. The third kappa shape index (κ3) is 7.87. The first-order valence-corrected chi connectivity index (χ1v) is 6.52. The van der Waals surface area contributed by atoms with Crippen molar-refractivity contribution in [1.29, 1.82) is 0 Å². The van der Waals surface area contributed by atoms with Gasteiger partial charge in [0.25, 0.3) is 0 Å². The number of ether oxygens (including phenoxy) is 1. The Labute approximate surface area is 110 Å². The molecule has 0 saturated heterocycles. The minimum absolute atomic E-state index is 0.248. The lowest BCUT2D eigenvalue weighted by atomic mass is 10.0. The summed E-state index contributed by atoms with van der Waals surface area (Å²) in [5.41, 5.74) is 0. The normalized spacial score (nSPS) is 13.1. The van der Waals surface area contributed by atoms with Gasteiger partial charge in [0.2, 0.25) is 5.91 Å². The fraction of sp³-hybridized carbons (Fsp3) is 0.714. The Morgan fingerprint density at radius 2 is 1.83 bits per heavy atom. The summed E-state index contributed by atoms with van der Waals surface area (Å²) in [5.74, 6) is 0.00979. The fourth-order valence-corrected chi connectivity index (χ4v) is 1.43. The highest BCUT2D eigenvalue weighted by molar-refractivity contribution is 5.91. The van der Waals surface area contributed by atoms with E-state index in [4.69, 9.17) is 4.74 Å². The second kappa shape index (κ2) is 8.72. The Morgan fingerprint density at radius 3 is 2.28 bits per heavy atom. The lowest BCUT2D eigenvalue weighted by molar-refractivity contribution is -0.147. The molecule has 1 amide bonds. The molecule has 0 radical (unpaired) electrons. The molecule has 0 aromatic heterocycles. The van der Waals surface area contributed by atoms with Crippen molar-refractivity contribution in [2.75, 3.05) is 6.61 Å². The molecule has 104 valence electrons. The minimum atomic E-state index is -0.561. The van der Waals surface area contributed by atoms with Crippen molar-refractivity contribution in [2.45, 2.75) is 47.1 Å². The zero-order valence-electron chi connectivity index (χ0n) is 12.0. The van der Waals surface area contributed by atoms with Crippen LogP contribution in [0.25, 0.3) is 0 Å². The molecule has 0 rings (SSSR count). The predicted octanol–water partition coefficient (Wildman–Crippen LogP) is 2.29. The quantitative estimate of drug-likeness (QED) is 0.561. The van der Waals surface area contributed by atoms with Crippen molar-refractivity contribution in [3.8, 4) is 0 Å². The van der Waals surface area contributed by atoms with E-state index >= 15 is 0 Å². The van der Waals surface area contributed by atoms with Crippen LogP contribution in [-0.2, 0) is 14.3 Å². The third-order valence-electron chi connectivity index (χ3n) is 2.23. The van der Waals surface area contributed by atoms with Crippen LogP contribution in [0.3, 0.4) is 0 Å². The minimum Gasteiger partial charge on any atom is -0.464 e. The smallest absolute Gasteiger partial charge is 0.328 e. The summed E-state index contributed by atoms with van der Waals surface area (Å²) >= 11 is 0. The van der Waals surface area contributed by atoms with Gasteiger partial charge in [0.1, 0.15) is 6.04 Å². The summed E-state index contributed by atoms with van der Waals surface area (Å²) in [4.78, 5) is 23.3. The van der Waals surface area contributed by atoms with Crippen LogP contribution in [0.2, 0.25) is 0 Å². The number of rotatable bonds is 7. The Bertz CT molecular complexity index is 295. The van der Waals surface area contributed by atoms with E-state index in [1.54, 1.807) is 13.0 Å². The standard InChI is InChI=1S/C14H25NO3/c1-6-18-14(17)12(9-11(4)5)15-13(16)8-7-10(2)3/h7-8,10-12H,6,9H2,1-5H3,(H,15,16)/t12-/m0/s1. The molecule has 0 heterocycles. The highest BCUT2D eigenvalue weighted by Crippen LogP contribution is 2.06. The van der Waals surface area contributed by atoms with Crippen molar-refractivity contribution in [2.24, 2.45) is 11.8 Å². The topological polar surface area (TPSA) is 55.4 Å². The molecule has 0 fully saturated rings. The van der Waals surface area contributed by atoms with Crippen LogP contribution in [0.5, 0.6) is 0 Å². The number of hydrogen-bond donors (Lipinski definition) is 1. The molecule has 0 aromatic rings. The van der Waals surface area contributed by atoms with Crippen molar-refractivity contribution in [1.82, 2.24) is 5.32 Å². The third-order valence-corrected chi connectivity index (χ3v) is 2.23. The van der Waals surface area contributed by atoms with Gasteiger partial charge < -0.3 is 10.1 Å². The molecule has 4 heteroatoms. The summed E-state index contributed by atoms with van der Waals surface area (Å²) in [6.07, 6.45) is 3.85. The summed E-state index contributed by atoms with van der Waals surface area (Å²) < 4.78 is 4.95. The Hall–Kier alpha value is -1.32. The van der Waals surface area contributed by atoms with Gasteiger partial charge in [0.05, 0.1) is 6.61 Å². The number of allylic oxidation sites excluding steroid dienone is 1. The summed E-state index contributed by atoms with van der Waals surface area (Å²) in [7, 11) is 0. The molecule has 0 saturated carbocycles. The number of amides is 1. The maximum atomic E-state index is 11.7. The van der Waals surface area contributed by atoms with Crippen LogP contribution in [0.1, 0.15) is 41.0 Å². The average molecular weight is 255 g/mol. The molecule has 0 aliphatic rings. The van der Waals surface area contributed by atoms with Gasteiger partial charge in [-0.2, -0.15) is 0 Å². The summed E-state index contributed by atoms with van der Waals surface area (Å²) in [5, 5.41) is 2.69. The van der Waals surface area contributed by atoms with Gasteiger partial charge in [-0.15, -0.1) is 0 Å². The van der Waals surface area contributed by atoms with Crippen molar-refractivity contribution in [3.63, 3.8) is 0 Å². The number of carbonyl (C=O) groups excluding carboxylic acids is 2. The van der Waals surface area contributed by atoms with E-state index in [0.717, 1.165) is 0 Å². The number of esters is 1. The van der Waals surface area contributed by atoms with Crippen LogP contribution >= 0.6 is 0 Å². The van der Waals surface area contributed by atoms with Crippen LogP contribution in [-0.4, -0.2) is 24.5 Å². The zero-order valence-corrected chi connectivity index (χ0v) is 12.0. The highest BCUT2D eigenvalue weighted by atomic mass is 16.5. The second-order valence-corrected chi connectivity index (χ2v) is 5.05. The first-order chi connectivity index (χ1) is 8.36. The molecule has 0 spiro atoms. The molecule has 0 unspecified atom stereocenters. The molecule has 0 aliphatic carbocycles. The van der Waals surface area contributed by atoms with Gasteiger partial charge in [-0.05, 0) is 31.3 Å². The van der Waals surface area contributed by atoms with Gasteiger partial charge in [0.15, 0.2) is 0 Å². The van der Waals surface area contributed by atoms with E-state index in [2.05, 4.69) is 5.32 Å². The number of carbonyl (C=O) groups is 2. The van der Waals surface area contributed by atoms with E-state index in [1.807, 2.05) is 27.7 Å². The Balaban J connectivity index is 4.48. The summed E-state index contributed by atoms with van der Waals surface area (Å²) in [6.45, 7) is 10.1. The fourth-order valence-electron chi connectivity index (χ4n) is 1.43. The van der Waals surface area contributed by atoms with E-state index in [-0.39, 0.29) is 11.9 Å². The van der Waals surface area contributed by atoms with E-state index in [1.165, 1.54) is 6.08 Å². The molecule has 0 aliphatic heterocycles. The van der Waals surface area contributed by atoms with Crippen LogP contribution < -0.4 is 5.32 Å². The molecule has 0 bridgehead atoms. The molecular formula is C14H25NO3. The van der Waals surface area contributed by atoms with Crippen molar-refractivity contribution < 1.29 is 14.3 Å². The summed E-state index contributed by atoms with van der Waals surface area (Å²) in [6, 6.07) is -0.561. The largest absolute Gasteiger partial charge is 0.464 e. The maximum absolute atomic E-state index is 11.7. The SMILES string of the molecule is CCOC(=O)[C@H](CC(C)C)NC(=O)C=CC(C)C. The second-order valence-electron chi connectivity index (χ2n) is 5.05. The van der Waals surface area contributed by atoms with Gasteiger partial charge in [-0.1, -0.05) is 33.8 Å². The monoisotopic (exact) mass is 255 g/mol. The zero-order chi connectivity index (χ0) is 14.1.